The molecule has 2 aromatic rings. The number of nitro benzene ring substituents is 2. The molecule has 0 atom stereocenters. The highest BCUT2D eigenvalue weighted by atomic mass is 16.6. The fourth-order valence-corrected chi connectivity index (χ4v) is 2.47. The van der Waals surface area contributed by atoms with Gasteiger partial charge in [0, 0.05) is 12.1 Å². The summed E-state index contributed by atoms with van der Waals surface area (Å²) in [5.74, 6) is -0.349. The molecule has 0 saturated carbocycles. The van der Waals surface area contributed by atoms with Gasteiger partial charge in [-0.25, -0.2) is 5.43 Å². The summed E-state index contributed by atoms with van der Waals surface area (Å²) in [6.45, 7) is 6.02. The van der Waals surface area contributed by atoms with E-state index in [4.69, 9.17) is 0 Å². The summed E-state index contributed by atoms with van der Waals surface area (Å²) < 4.78 is 0. The van der Waals surface area contributed by atoms with Crippen molar-refractivity contribution in [2.24, 2.45) is 5.10 Å². The summed E-state index contributed by atoms with van der Waals surface area (Å²) in [6.07, 6.45) is 3.29. The van der Waals surface area contributed by atoms with E-state index in [1.807, 2.05) is 30.3 Å². The standard InChI is InChI=1S/C20H20N4O5/c1-13(2)16-6-4-15(5-7-16)8-14(3)12-21-22-20(25)17-9-18(23(26)27)11-19(10-17)24(28)29/h4-13H,1-3H3,(H,22,25)/b14-8-,21-12+. The second kappa shape index (κ2) is 9.36. The number of non-ortho nitro benzene ring substituents is 2. The number of allylic oxidation sites excluding steroid dienone is 1. The molecule has 9 nitrogen and oxygen atoms in total. The van der Waals surface area contributed by atoms with Gasteiger partial charge in [-0.15, -0.1) is 0 Å². The summed E-state index contributed by atoms with van der Waals surface area (Å²) in [4.78, 5) is 32.3. The molecule has 0 aliphatic rings. The molecule has 0 spiro atoms. The van der Waals surface area contributed by atoms with Crippen molar-refractivity contribution in [3.63, 3.8) is 0 Å². The molecule has 0 aromatic heterocycles. The van der Waals surface area contributed by atoms with Crippen LogP contribution < -0.4 is 5.43 Å². The predicted molar refractivity (Wildman–Crippen MR) is 110 cm³/mol. The third-order valence-electron chi connectivity index (χ3n) is 4.02. The molecular weight excluding hydrogens is 376 g/mol. The largest absolute Gasteiger partial charge is 0.277 e. The average molecular weight is 396 g/mol. The van der Waals surface area contributed by atoms with Gasteiger partial charge in [0.05, 0.1) is 27.7 Å². The lowest BCUT2D eigenvalue weighted by Gasteiger charge is -2.05. The first-order valence-electron chi connectivity index (χ1n) is 8.73. The van der Waals surface area contributed by atoms with E-state index in [0.29, 0.717) is 5.92 Å². The Balaban J connectivity index is 2.10. The molecule has 1 N–H and O–H groups in total. The van der Waals surface area contributed by atoms with Crippen LogP contribution in [0.1, 0.15) is 48.2 Å². The predicted octanol–water partition coefficient (Wildman–Crippen LogP) is 4.45. The summed E-state index contributed by atoms with van der Waals surface area (Å²) in [6, 6.07) is 10.7. The maximum atomic E-state index is 12.1. The zero-order valence-electron chi connectivity index (χ0n) is 16.2. The molecule has 0 bridgehead atoms. The van der Waals surface area contributed by atoms with E-state index in [-0.39, 0.29) is 5.56 Å². The number of nitro groups is 2. The van der Waals surface area contributed by atoms with Crippen molar-refractivity contribution >= 4 is 29.6 Å². The molecule has 0 saturated heterocycles. The zero-order valence-corrected chi connectivity index (χ0v) is 16.2. The van der Waals surface area contributed by atoms with Crippen LogP contribution in [0.5, 0.6) is 0 Å². The molecule has 0 radical (unpaired) electrons. The van der Waals surface area contributed by atoms with Gasteiger partial charge < -0.3 is 0 Å². The van der Waals surface area contributed by atoms with Crippen molar-refractivity contribution in [3.8, 4) is 0 Å². The Hall–Kier alpha value is -3.88. The monoisotopic (exact) mass is 396 g/mol. The smallest absolute Gasteiger partial charge is 0.267 e. The normalized spacial score (nSPS) is 11.7. The quantitative estimate of drug-likeness (QED) is 0.420. The maximum absolute atomic E-state index is 12.1. The summed E-state index contributed by atoms with van der Waals surface area (Å²) >= 11 is 0. The van der Waals surface area contributed by atoms with E-state index in [0.717, 1.165) is 29.3 Å². The van der Waals surface area contributed by atoms with Gasteiger partial charge in [-0.1, -0.05) is 44.2 Å². The Morgan fingerprint density at radius 2 is 1.59 bits per heavy atom. The lowest BCUT2D eigenvalue weighted by Crippen LogP contribution is -2.18. The first kappa shape index (κ1) is 21.4. The number of rotatable bonds is 7. The van der Waals surface area contributed by atoms with Crippen molar-refractivity contribution in [2.45, 2.75) is 26.7 Å². The molecule has 0 fully saturated rings. The van der Waals surface area contributed by atoms with Gasteiger partial charge in [0.1, 0.15) is 0 Å². The molecule has 29 heavy (non-hydrogen) atoms. The van der Waals surface area contributed by atoms with Gasteiger partial charge >= 0.3 is 0 Å². The second-order valence-corrected chi connectivity index (χ2v) is 6.66. The molecule has 0 aliphatic heterocycles. The number of hydrogen-bond donors (Lipinski definition) is 1. The van der Waals surface area contributed by atoms with E-state index in [1.54, 1.807) is 6.92 Å². The van der Waals surface area contributed by atoms with E-state index >= 15 is 0 Å². The third-order valence-corrected chi connectivity index (χ3v) is 4.02. The molecular formula is C20H20N4O5. The molecule has 2 aromatic carbocycles. The highest BCUT2D eigenvalue weighted by Crippen LogP contribution is 2.22. The van der Waals surface area contributed by atoms with Crippen LogP contribution >= 0.6 is 0 Å². The first-order chi connectivity index (χ1) is 13.7. The van der Waals surface area contributed by atoms with Crippen LogP contribution in [0.3, 0.4) is 0 Å². The summed E-state index contributed by atoms with van der Waals surface area (Å²) in [5, 5.41) is 25.6. The van der Waals surface area contributed by atoms with E-state index in [1.165, 1.54) is 11.8 Å². The molecule has 9 heteroatoms. The van der Waals surface area contributed by atoms with Crippen molar-refractivity contribution < 1.29 is 14.6 Å². The Morgan fingerprint density at radius 3 is 2.07 bits per heavy atom. The molecule has 0 unspecified atom stereocenters. The first-order valence-corrected chi connectivity index (χ1v) is 8.73. The van der Waals surface area contributed by atoms with Gasteiger partial charge in [-0.2, -0.15) is 5.10 Å². The second-order valence-electron chi connectivity index (χ2n) is 6.66. The number of hydrogen-bond acceptors (Lipinski definition) is 6. The van der Waals surface area contributed by atoms with Crippen molar-refractivity contribution in [1.29, 1.82) is 0 Å². The van der Waals surface area contributed by atoms with Gasteiger partial charge in [0.2, 0.25) is 0 Å². The van der Waals surface area contributed by atoms with Crippen LogP contribution in [-0.2, 0) is 0 Å². The minimum Gasteiger partial charge on any atom is -0.267 e. The van der Waals surface area contributed by atoms with E-state index < -0.39 is 27.1 Å². The molecule has 1 amide bonds. The number of nitrogens with zero attached hydrogens (tertiary/aromatic N) is 3. The maximum Gasteiger partial charge on any atom is 0.277 e. The lowest BCUT2D eigenvalue weighted by atomic mass is 10.0. The van der Waals surface area contributed by atoms with Crippen LogP contribution in [0.4, 0.5) is 11.4 Å². The Morgan fingerprint density at radius 1 is 1.03 bits per heavy atom. The zero-order chi connectivity index (χ0) is 21.6. The minimum atomic E-state index is -0.801. The summed E-state index contributed by atoms with van der Waals surface area (Å²) in [5.41, 5.74) is 3.85. The number of carbonyl (C=O) groups is 1. The van der Waals surface area contributed by atoms with Crippen LogP contribution in [-0.4, -0.2) is 22.0 Å². The SMILES string of the molecule is CC(=C/c1ccc(C(C)C)cc1)/C=N/NC(=O)c1cc([N+](=O)[O-])cc([N+](=O)[O-])c1. The lowest BCUT2D eigenvalue weighted by molar-refractivity contribution is -0.394. The van der Waals surface area contributed by atoms with E-state index in [9.17, 15) is 25.0 Å². The highest BCUT2D eigenvalue weighted by molar-refractivity contribution is 5.96. The van der Waals surface area contributed by atoms with Gasteiger partial charge in [0.15, 0.2) is 0 Å². The molecule has 150 valence electrons. The fourth-order valence-electron chi connectivity index (χ4n) is 2.47. The van der Waals surface area contributed by atoms with E-state index in [2.05, 4.69) is 24.4 Å². The average Bonchev–Trinajstić information content (AvgIpc) is 2.67. The van der Waals surface area contributed by atoms with Crippen LogP contribution in [0, 0.1) is 20.2 Å². The van der Waals surface area contributed by atoms with Crippen molar-refractivity contribution in [2.75, 3.05) is 0 Å². The van der Waals surface area contributed by atoms with Crippen LogP contribution in [0.25, 0.3) is 6.08 Å². The minimum absolute atomic E-state index is 0.228. The number of benzene rings is 2. The van der Waals surface area contributed by atoms with Gasteiger partial charge in [0.25, 0.3) is 17.3 Å². The number of carbonyl (C=O) groups excluding carboxylic acids is 1. The number of amides is 1. The number of nitrogens with one attached hydrogen (secondary N) is 1. The van der Waals surface area contributed by atoms with Crippen molar-refractivity contribution in [3.05, 3.63) is 85.0 Å². The highest BCUT2D eigenvalue weighted by Gasteiger charge is 2.19. The Kier molecular flexibility index (Phi) is 6.91. The topological polar surface area (TPSA) is 128 Å². The van der Waals surface area contributed by atoms with Crippen molar-refractivity contribution in [1.82, 2.24) is 5.43 Å². The number of hydrazone groups is 1. The molecule has 0 aliphatic carbocycles. The van der Waals surface area contributed by atoms with Gasteiger partial charge in [-0.05, 0) is 29.5 Å². The molecule has 2 rings (SSSR count). The Bertz CT molecular complexity index is 962. The molecule has 0 heterocycles. The Labute approximate surface area is 167 Å². The van der Waals surface area contributed by atoms with Gasteiger partial charge in [-0.3, -0.25) is 25.0 Å². The fraction of sp³-hybridized carbons (Fsp3) is 0.200. The van der Waals surface area contributed by atoms with Crippen LogP contribution in [0.15, 0.2) is 53.1 Å². The van der Waals surface area contributed by atoms with Crippen LogP contribution in [0.2, 0.25) is 0 Å². The third kappa shape index (κ3) is 6.06. The summed E-state index contributed by atoms with van der Waals surface area (Å²) in [7, 11) is 0.